The van der Waals surface area contributed by atoms with Crippen LogP contribution in [0.25, 0.3) is 0 Å². The van der Waals surface area contributed by atoms with Crippen molar-refractivity contribution in [3.05, 3.63) is 35.6 Å². The number of rotatable bonds is 6. The van der Waals surface area contributed by atoms with Gasteiger partial charge in [0.1, 0.15) is 0 Å². The molecule has 0 saturated carbocycles. The van der Waals surface area contributed by atoms with Gasteiger partial charge >= 0.3 is 0 Å². The summed E-state index contributed by atoms with van der Waals surface area (Å²) in [5, 5.41) is 3.97. The van der Waals surface area contributed by atoms with Crippen molar-refractivity contribution < 1.29 is 9.26 Å². The molecule has 0 aliphatic rings. The average Bonchev–Trinajstić information content (AvgIpc) is 2.89. The number of hydrogen-bond donors (Lipinski definition) is 1. The van der Waals surface area contributed by atoms with Gasteiger partial charge in [-0.05, 0) is 12.0 Å². The fraction of sp³-hybridized carbons (Fsp3) is 0.462. The highest BCUT2D eigenvalue weighted by Crippen LogP contribution is 2.17. The van der Waals surface area contributed by atoms with E-state index < -0.39 is 0 Å². The minimum Gasteiger partial charge on any atom is -0.481 e. The van der Waals surface area contributed by atoms with Crippen molar-refractivity contribution in [3.8, 4) is 5.88 Å². The SMILES string of the molecule is CCC(CN)c1nc(Cc2ccc(OC)nc2)no1. The smallest absolute Gasteiger partial charge is 0.231 e. The summed E-state index contributed by atoms with van der Waals surface area (Å²) in [5.41, 5.74) is 6.67. The van der Waals surface area contributed by atoms with Crippen LogP contribution in [0.4, 0.5) is 0 Å². The van der Waals surface area contributed by atoms with Crippen molar-refractivity contribution in [1.29, 1.82) is 0 Å². The molecule has 0 bridgehead atoms. The molecule has 1 atom stereocenters. The van der Waals surface area contributed by atoms with Crippen LogP contribution < -0.4 is 10.5 Å². The van der Waals surface area contributed by atoms with Crippen LogP contribution in [-0.4, -0.2) is 28.8 Å². The molecule has 1 unspecified atom stereocenters. The number of nitrogens with zero attached hydrogens (tertiary/aromatic N) is 3. The average molecular weight is 262 g/mol. The van der Waals surface area contributed by atoms with Gasteiger partial charge in [0, 0.05) is 25.2 Å². The van der Waals surface area contributed by atoms with Crippen molar-refractivity contribution in [2.45, 2.75) is 25.7 Å². The Labute approximate surface area is 112 Å². The highest BCUT2D eigenvalue weighted by Gasteiger charge is 2.15. The van der Waals surface area contributed by atoms with Gasteiger partial charge in [-0.2, -0.15) is 4.98 Å². The van der Waals surface area contributed by atoms with E-state index in [0.717, 1.165) is 12.0 Å². The summed E-state index contributed by atoms with van der Waals surface area (Å²) in [5.74, 6) is 1.98. The molecule has 0 radical (unpaired) electrons. The quantitative estimate of drug-likeness (QED) is 0.849. The van der Waals surface area contributed by atoms with Crippen LogP contribution in [0, 0.1) is 0 Å². The van der Waals surface area contributed by atoms with Crippen molar-refractivity contribution in [1.82, 2.24) is 15.1 Å². The molecule has 0 fully saturated rings. The molecule has 6 heteroatoms. The van der Waals surface area contributed by atoms with Crippen LogP contribution in [0.2, 0.25) is 0 Å². The topological polar surface area (TPSA) is 87.1 Å². The molecular weight excluding hydrogens is 244 g/mol. The first-order valence-electron chi connectivity index (χ1n) is 6.28. The third kappa shape index (κ3) is 3.29. The zero-order valence-corrected chi connectivity index (χ0v) is 11.2. The van der Waals surface area contributed by atoms with E-state index in [1.807, 2.05) is 12.1 Å². The van der Waals surface area contributed by atoms with E-state index >= 15 is 0 Å². The summed E-state index contributed by atoms with van der Waals surface area (Å²) >= 11 is 0. The Kier molecular flexibility index (Phi) is 4.46. The third-order valence-corrected chi connectivity index (χ3v) is 2.98. The Bertz CT molecular complexity index is 506. The predicted octanol–water partition coefficient (Wildman–Crippen LogP) is 1.52. The van der Waals surface area contributed by atoms with Crippen LogP contribution in [0.5, 0.6) is 5.88 Å². The molecule has 0 aliphatic carbocycles. The maximum absolute atomic E-state index is 5.66. The van der Waals surface area contributed by atoms with E-state index in [1.165, 1.54) is 0 Å². The predicted molar refractivity (Wildman–Crippen MR) is 70.0 cm³/mol. The van der Waals surface area contributed by atoms with E-state index in [0.29, 0.717) is 30.6 Å². The van der Waals surface area contributed by atoms with Gasteiger partial charge in [-0.3, -0.25) is 0 Å². The van der Waals surface area contributed by atoms with Gasteiger partial charge in [-0.15, -0.1) is 0 Å². The van der Waals surface area contributed by atoms with Crippen LogP contribution in [0.15, 0.2) is 22.9 Å². The summed E-state index contributed by atoms with van der Waals surface area (Å²) in [6.45, 7) is 2.57. The maximum atomic E-state index is 5.66. The molecule has 0 aliphatic heterocycles. The first-order chi connectivity index (χ1) is 9.26. The highest BCUT2D eigenvalue weighted by atomic mass is 16.5. The van der Waals surface area contributed by atoms with Crippen molar-refractivity contribution in [3.63, 3.8) is 0 Å². The normalized spacial score (nSPS) is 12.4. The molecular formula is C13H18N4O2. The standard InChI is InChI=1S/C13H18N4O2/c1-3-10(7-14)13-16-11(17-19-13)6-9-4-5-12(18-2)15-8-9/h4-5,8,10H,3,6-7,14H2,1-2H3. The van der Waals surface area contributed by atoms with Gasteiger partial charge in [-0.1, -0.05) is 18.1 Å². The fourth-order valence-electron chi connectivity index (χ4n) is 1.77. The molecule has 6 nitrogen and oxygen atoms in total. The molecule has 2 rings (SSSR count). The van der Waals surface area contributed by atoms with E-state index in [4.69, 9.17) is 15.0 Å². The second-order valence-corrected chi connectivity index (χ2v) is 4.28. The second kappa shape index (κ2) is 6.29. The monoisotopic (exact) mass is 262 g/mol. The largest absolute Gasteiger partial charge is 0.481 e. The Hall–Kier alpha value is -1.95. The van der Waals surface area contributed by atoms with Gasteiger partial charge in [0.25, 0.3) is 0 Å². The van der Waals surface area contributed by atoms with Gasteiger partial charge in [0.2, 0.25) is 11.8 Å². The number of pyridine rings is 1. The first-order valence-corrected chi connectivity index (χ1v) is 6.28. The van der Waals surface area contributed by atoms with Crippen LogP contribution >= 0.6 is 0 Å². The summed E-state index contributed by atoms with van der Waals surface area (Å²) in [6.07, 6.45) is 3.22. The lowest BCUT2D eigenvalue weighted by Gasteiger charge is -2.04. The first kappa shape index (κ1) is 13.5. The van der Waals surface area contributed by atoms with Gasteiger partial charge < -0.3 is 15.0 Å². The molecule has 19 heavy (non-hydrogen) atoms. The highest BCUT2D eigenvalue weighted by molar-refractivity contribution is 5.20. The lowest BCUT2D eigenvalue weighted by molar-refractivity contribution is 0.348. The Balaban J connectivity index is 2.06. The molecule has 2 aromatic heterocycles. The molecule has 0 saturated heterocycles. The van der Waals surface area contributed by atoms with Crippen molar-refractivity contribution in [2.24, 2.45) is 5.73 Å². The third-order valence-electron chi connectivity index (χ3n) is 2.98. The van der Waals surface area contributed by atoms with Gasteiger partial charge in [0.15, 0.2) is 5.82 Å². The Morgan fingerprint density at radius 2 is 2.26 bits per heavy atom. The summed E-state index contributed by atoms with van der Waals surface area (Å²) in [6, 6.07) is 3.74. The van der Waals surface area contributed by atoms with Crippen LogP contribution in [0.1, 0.15) is 36.5 Å². The summed E-state index contributed by atoms with van der Waals surface area (Å²) in [7, 11) is 1.59. The molecule has 2 heterocycles. The Morgan fingerprint density at radius 3 is 2.84 bits per heavy atom. The molecule has 0 aromatic carbocycles. The van der Waals surface area contributed by atoms with E-state index in [2.05, 4.69) is 22.0 Å². The van der Waals surface area contributed by atoms with Crippen LogP contribution in [-0.2, 0) is 6.42 Å². The zero-order chi connectivity index (χ0) is 13.7. The lowest BCUT2D eigenvalue weighted by atomic mass is 10.1. The molecule has 0 amide bonds. The van der Waals surface area contributed by atoms with Gasteiger partial charge in [-0.25, -0.2) is 4.98 Å². The van der Waals surface area contributed by atoms with Gasteiger partial charge in [0.05, 0.1) is 13.0 Å². The number of ether oxygens (including phenoxy) is 1. The minimum absolute atomic E-state index is 0.134. The number of hydrogen-bond acceptors (Lipinski definition) is 6. The molecule has 2 aromatic rings. The molecule has 102 valence electrons. The van der Waals surface area contributed by atoms with Crippen molar-refractivity contribution in [2.75, 3.05) is 13.7 Å². The van der Waals surface area contributed by atoms with E-state index in [9.17, 15) is 0 Å². The molecule has 0 spiro atoms. The second-order valence-electron chi connectivity index (χ2n) is 4.28. The van der Waals surface area contributed by atoms with Crippen LogP contribution in [0.3, 0.4) is 0 Å². The zero-order valence-electron chi connectivity index (χ0n) is 11.2. The van der Waals surface area contributed by atoms with E-state index in [-0.39, 0.29) is 5.92 Å². The lowest BCUT2D eigenvalue weighted by Crippen LogP contribution is -2.11. The fourth-order valence-corrected chi connectivity index (χ4v) is 1.77. The summed E-state index contributed by atoms with van der Waals surface area (Å²) < 4.78 is 10.2. The van der Waals surface area contributed by atoms with E-state index in [1.54, 1.807) is 13.3 Å². The minimum atomic E-state index is 0.134. The number of methoxy groups -OCH3 is 1. The Morgan fingerprint density at radius 1 is 1.42 bits per heavy atom. The number of nitrogens with two attached hydrogens (primary N) is 1. The molecule has 2 N–H and O–H groups in total. The maximum Gasteiger partial charge on any atom is 0.231 e. The number of aromatic nitrogens is 3. The summed E-state index contributed by atoms with van der Waals surface area (Å²) in [4.78, 5) is 8.51. The van der Waals surface area contributed by atoms with Crippen molar-refractivity contribution >= 4 is 0 Å².